The van der Waals surface area contributed by atoms with Gasteiger partial charge in [-0.25, -0.2) is 8.78 Å². The molecule has 0 spiro atoms. The van der Waals surface area contributed by atoms with Crippen LogP contribution in [0.5, 0.6) is 0 Å². The number of nitrogens with zero attached hydrogens (tertiary/aromatic N) is 1. The van der Waals surface area contributed by atoms with E-state index in [1.54, 1.807) is 6.92 Å². The van der Waals surface area contributed by atoms with Crippen molar-refractivity contribution in [1.29, 1.82) is 0 Å². The molecule has 2 aromatic carbocycles. The lowest BCUT2D eigenvalue weighted by Gasteiger charge is -2.24. The zero-order valence-electron chi connectivity index (χ0n) is 15.4. The number of anilines is 1. The van der Waals surface area contributed by atoms with Crippen LogP contribution in [0.1, 0.15) is 24.1 Å². The summed E-state index contributed by atoms with van der Waals surface area (Å²) in [5.74, 6) is -2.30. The smallest absolute Gasteiger partial charge is 0.255 e. The van der Waals surface area contributed by atoms with Gasteiger partial charge in [-0.15, -0.1) is 0 Å². The minimum atomic E-state index is -1.09. The number of amides is 1. The molecule has 5 nitrogen and oxygen atoms in total. The largest absolute Gasteiger partial charge is 0.362 e. The second-order valence-corrected chi connectivity index (χ2v) is 7.07. The highest BCUT2D eigenvalue weighted by atomic mass is 19.2. The third-order valence-electron chi connectivity index (χ3n) is 5.36. The molecule has 1 aromatic heterocycles. The fraction of sp³-hybridized carbons (Fsp3) is 0.238. The molecule has 2 N–H and O–H groups in total. The van der Waals surface area contributed by atoms with Gasteiger partial charge in [0, 0.05) is 25.4 Å². The summed E-state index contributed by atoms with van der Waals surface area (Å²) in [4.78, 5) is 29.3. The number of hydrogen-bond donors (Lipinski definition) is 2. The van der Waals surface area contributed by atoms with Gasteiger partial charge in [-0.1, -0.05) is 18.2 Å². The lowest BCUT2D eigenvalue weighted by Crippen LogP contribution is -2.44. The van der Waals surface area contributed by atoms with Gasteiger partial charge in [0.2, 0.25) is 5.91 Å². The molecule has 0 saturated heterocycles. The standard InChI is InChI=1S/C21H19F2N3O2/c1-11(15-10-24-20(27)14-9-17(23)16(22)8-13(14)15)25-21(28)19-7-12-5-3-4-6-18(12)26(19)2/h3-6,8-11,19H,7H2,1-2H3,(H,24,27)(H,25,28)/t11-,19+/m1/s1. The summed E-state index contributed by atoms with van der Waals surface area (Å²) in [6.45, 7) is 1.74. The number of hydrogen-bond acceptors (Lipinski definition) is 3. The molecule has 28 heavy (non-hydrogen) atoms. The molecule has 144 valence electrons. The van der Waals surface area contributed by atoms with Gasteiger partial charge in [-0.3, -0.25) is 9.59 Å². The number of carbonyl (C=O) groups excluding carboxylic acids is 1. The third kappa shape index (κ3) is 2.93. The maximum absolute atomic E-state index is 13.8. The van der Waals surface area contributed by atoms with Gasteiger partial charge in [0.25, 0.3) is 5.56 Å². The summed E-state index contributed by atoms with van der Waals surface area (Å²) in [6, 6.07) is 8.84. The van der Waals surface area contributed by atoms with Crippen LogP contribution in [-0.4, -0.2) is 24.0 Å². The molecule has 0 unspecified atom stereocenters. The van der Waals surface area contributed by atoms with E-state index in [9.17, 15) is 18.4 Å². The summed E-state index contributed by atoms with van der Waals surface area (Å²) in [5, 5.41) is 3.25. The number of benzene rings is 2. The minimum Gasteiger partial charge on any atom is -0.362 e. The molecule has 0 radical (unpaired) electrons. The number of fused-ring (bicyclic) bond motifs is 2. The number of halogens is 2. The molecule has 0 bridgehead atoms. The molecule has 0 fully saturated rings. The number of para-hydroxylation sites is 1. The maximum Gasteiger partial charge on any atom is 0.255 e. The van der Waals surface area contributed by atoms with Crippen molar-refractivity contribution in [1.82, 2.24) is 10.3 Å². The van der Waals surface area contributed by atoms with Crippen molar-refractivity contribution in [2.45, 2.75) is 25.4 Å². The first-order chi connectivity index (χ1) is 13.4. The number of nitrogens with one attached hydrogen (secondary N) is 2. The Morgan fingerprint density at radius 1 is 1.21 bits per heavy atom. The normalized spacial score (nSPS) is 16.9. The van der Waals surface area contributed by atoms with Crippen molar-refractivity contribution in [3.63, 3.8) is 0 Å². The van der Waals surface area contributed by atoms with E-state index in [4.69, 9.17) is 0 Å². The predicted molar refractivity (Wildman–Crippen MR) is 103 cm³/mol. The maximum atomic E-state index is 13.8. The van der Waals surface area contributed by atoms with Gasteiger partial charge in [-0.2, -0.15) is 0 Å². The highest BCUT2D eigenvalue weighted by molar-refractivity contribution is 5.90. The molecule has 7 heteroatoms. The van der Waals surface area contributed by atoms with E-state index in [0.717, 1.165) is 23.4 Å². The second kappa shape index (κ2) is 6.74. The number of likely N-dealkylation sites (N-methyl/N-ethyl adjacent to an activating group) is 1. The van der Waals surface area contributed by atoms with Crippen LogP contribution in [0.15, 0.2) is 47.4 Å². The Hall–Kier alpha value is -3.22. The molecular formula is C21H19F2N3O2. The van der Waals surface area contributed by atoms with E-state index in [1.165, 1.54) is 6.20 Å². The fourth-order valence-corrected chi connectivity index (χ4v) is 3.83. The molecule has 1 aliphatic rings. The zero-order chi connectivity index (χ0) is 20.0. The lowest BCUT2D eigenvalue weighted by atomic mass is 10.0. The summed E-state index contributed by atoms with van der Waals surface area (Å²) in [5.41, 5.74) is 2.12. The summed E-state index contributed by atoms with van der Waals surface area (Å²) in [7, 11) is 1.87. The Labute approximate surface area is 160 Å². The van der Waals surface area contributed by atoms with Crippen molar-refractivity contribution in [2.75, 3.05) is 11.9 Å². The Balaban J connectivity index is 1.62. The van der Waals surface area contributed by atoms with Crippen LogP contribution in [0.4, 0.5) is 14.5 Å². The number of aromatic amines is 1. The molecule has 0 saturated carbocycles. The minimum absolute atomic E-state index is 0.0443. The van der Waals surface area contributed by atoms with Gasteiger partial charge in [0.1, 0.15) is 6.04 Å². The highest BCUT2D eigenvalue weighted by Crippen LogP contribution is 2.31. The van der Waals surface area contributed by atoms with Crippen LogP contribution in [0.3, 0.4) is 0 Å². The van der Waals surface area contributed by atoms with Gasteiger partial charge in [-0.05, 0) is 41.6 Å². The second-order valence-electron chi connectivity index (χ2n) is 7.07. The quantitative estimate of drug-likeness (QED) is 0.731. The number of rotatable bonds is 3. The van der Waals surface area contributed by atoms with Crippen LogP contribution >= 0.6 is 0 Å². The molecule has 2 atom stereocenters. The molecule has 4 rings (SSSR count). The lowest BCUT2D eigenvalue weighted by molar-refractivity contribution is -0.122. The van der Waals surface area contributed by atoms with Crippen molar-refractivity contribution in [2.24, 2.45) is 0 Å². The highest BCUT2D eigenvalue weighted by Gasteiger charge is 2.32. The van der Waals surface area contributed by atoms with Crippen LogP contribution in [0.25, 0.3) is 10.8 Å². The molecular weight excluding hydrogens is 364 g/mol. The van der Waals surface area contributed by atoms with Crippen LogP contribution in [0.2, 0.25) is 0 Å². The van der Waals surface area contributed by atoms with Crippen LogP contribution in [-0.2, 0) is 11.2 Å². The molecule has 0 aliphatic carbocycles. The molecule has 3 aromatic rings. The number of H-pyrrole nitrogens is 1. The Bertz CT molecular complexity index is 1140. The Morgan fingerprint density at radius 2 is 1.89 bits per heavy atom. The number of pyridine rings is 1. The van der Waals surface area contributed by atoms with Crippen molar-refractivity contribution in [3.05, 3.63) is 75.7 Å². The van der Waals surface area contributed by atoms with E-state index >= 15 is 0 Å². The first-order valence-corrected chi connectivity index (χ1v) is 8.98. The topological polar surface area (TPSA) is 65.2 Å². The molecule has 1 aliphatic heterocycles. The Kier molecular flexibility index (Phi) is 4.37. The van der Waals surface area contributed by atoms with E-state index in [-0.39, 0.29) is 22.7 Å². The molecule has 1 amide bonds. The SMILES string of the molecule is C[C@@H](NC(=O)[C@@H]1Cc2ccccc2N1C)c1c[nH]c(=O)c2cc(F)c(F)cc12. The van der Waals surface area contributed by atoms with Crippen molar-refractivity contribution >= 4 is 22.4 Å². The van der Waals surface area contributed by atoms with E-state index in [1.807, 2.05) is 36.2 Å². The third-order valence-corrected chi connectivity index (χ3v) is 5.36. The summed E-state index contributed by atoms with van der Waals surface area (Å²) in [6.07, 6.45) is 2.03. The average Bonchev–Trinajstić information content (AvgIpc) is 3.01. The van der Waals surface area contributed by atoms with Crippen molar-refractivity contribution in [3.8, 4) is 0 Å². The van der Waals surface area contributed by atoms with Gasteiger partial charge >= 0.3 is 0 Å². The van der Waals surface area contributed by atoms with E-state index in [0.29, 0.717) is 12.0 Å². The number of aromatic nitrogens is 1. The van der Waals surface area contributed by atoms with E-state index in [2.05, 4.69) is 10.3 Å². The zero-order valence-corrected chi connectivity index (χ0v) is 15.4. The van der Waals surface area contributed by atoms with Gasteiger partial charge < -0.3 is 15.2 Å². The van der Waals surface area contributed by atoms with Gasteiger partial charge in [0.05, 0.1) is 11.4 Å². The average molecular weight is 383 g/mol. The predicted octanol–water partition coefficient (Wildman–Crippen LogP) is 3.04. The number of carbonyl (C=O) groups is 1. The monoisotopic (exact) mass is 383 g/mol. The first-order valence-electron chi connectivity index (χ1n) is 8.98. The first kappa shape index (κ1) is 18.2. The molecule has 2 heterocycles. The van der Waals surface area contributed by atoms with E-state index < -0.39 is 23.2 Å². The fourth-order valence-electron chi connectivity index (χ4n) is 3.83. The van der Waals surface area contributed by atoms with Crippen LogP contribution < -0.4 is 15.8 Å². The Morgan fingerprint density at radius 3 is 2.61 bits per heavy atom. The van der Waals surface area contributed by atoms with Gasteiger partial charge in [0.15, 0.2) is 11.6 Å². The van der Waals surface area contributed by atoms with Crippen molar-refractivity contribution < 1.29 is 13.6 Å². The summed E-state index contributed by atoms with van der Waals surface area (Å²) >= 11 is 0. The van der Waals surface area contributed by atoms with Crippen LogP contribution in [0, 0.1) is 11.6 Å². The summed E-state index contributed by atoms with van der Waals surface area (Å²) < 4.78 is 27.3.